The maximum absolute atomic E-state index is 11.3. The number of halogens is 1. The van der Waals surface area contributed by atoms with Crippen LogP contribution in [0.4, 0.5) is 0 Å². The minimum Gasteiger partial charge on any atom is -0.490 e. The van der Waals surface area contributed by atoms with Crippen LogP contribution in [0.25, 0.3) is 0 Å². The molecule has 2 heterocycles. The maximum Gasteiger partial charge on any atom is 0.219 e. The van der Waals surface area contributed by atoms with E-state index in [1.165, 1.54) is 5.56 Å². The zero-order chi connectivity index (χ0) is 15.4. The number of carbonyl (C=O) groups is 1. The molecule has 5 nitrogen and oxygen atoms in total. The van der Waals surface area contributed by atoms with Gasteiger partial charge in [-0.2, -0.15) is 0 Å². The van der Waals surface area contributed by atoms with E-state index in [0.29, 0.717) is 0 Å². The Labute approximate surface area is 143 Å². The SMILES string of the molecule is CC(=O)N1CCC(Oc2ccc([C@H]3CNCCO3)cc2)CC1.Cl. The predicted molar refractivity (Wildman–Crippen MR) is 91.2 cm³/mol. The number of morpholine rings is 1. The number of likely N-dealkylation sites (tertiary alicyclic amines) is 1. The Bertz CT molecular complexity index is 495. The van der Waals surface area contributed by atoms with Gasteiger partial charge in [0.2, 0.25) is 5.91 Å². The molecule has 1 aromatic rings. The van der Waals surface area contributed by atoms with Crippen molar-refractivity contribution in [2.75, 3.05) is 32.8 Å². The van der Waals surface area contributed by atoms with Gasteiger partial charge >= 0.3 is 0 Å². The standard InChI is InChI=1S/C17H24N2O3.ClH/c1-13(20)19-9-6-16(7-10-19)22-15-4-2-14(3-5-15)17-12-18-8-11-21-17;/h2-5,16-18H,6-12H2,1H3;1H/t17-;/m1./s1. The molecule has 23 heavy (non-hydrogen) atoms. The minimum atomic E-state index is 0. The Morgan fingerprint density at radius 2 is 1.96 bits per heavy atom. The van der Waals surface area contributed by atoms with Crippen LogP contribution in [0.1, 0.15) is 31.4 Å². The summed E-state index contributed by atoms with van der Waals surface area (Å²) in [5, 5.41) is 3.34. The van der Waals surface area contributed by atoms with Crippen molar-refractivity contribution in [1.82, 2.24) is 10.2 Å². The molecule has 0 saturated carbocycles. The first-order chi connectivity index (χ1) is 10.7. The third-order valence-electron chi connectivity index (χ3n) is 4.37. The summed E-state index contributed by atoms with van der Waals surface area (Å²) in [6.45, 7) is 5.76. The van der Waals surface area contributed by atoms with E-state index in [9.17, 15) is 4.79 Å². The number of carbonyl (C=O) groups excluding carboxylic acids is 1. The van der Waals surface area contributed by atoms with E-state index in [0.717, 1.165) is 51.4 Å². The van der Waals surface area contributed by atoms with Gasteiger partial charge in [-0.3, -0.25) is 4.79 Å². The first-order valence-corrected chi connectivity index (χ1v) is 8.07. The highest BCUT2D eigenvalue weighted by Gasteiger charge is 2.22. The lowest BCUT2D eigenvalue weighted by Crippen LogP contribution is -2.40. The number of rotatable bonds is 3. The van der Waals surface area contributed by atoms with Crippen LogP contribution >= 0.6 is 12.4 Å². The quantitative estimate of drug-likeness (QED) is 0.916. The van der Waals surface area contributed by atoms with Gasteiger partial charge in [-0.05, 0) is 17.7 Å². The largest absolute Gasteiger partial charge is 0.490 e. The van der Waals surface area contributed by atoms with Gasteiger partial charge in [0.05, 0.1) is 12.7 Å². The Morgan fingerprint density at radius 3 is 2.52 bits per heavy atom. The molecule has 0 bridgehead atoms. The molecule has 2 aliphatic rings. The second-order valence-corrected chi connectivity index (χ2v) is 5.96. The molecule has 0 aliphatic carbocycles. The van der Waals surface area contributed by atoms with E-state index in [1.807, 2.05) is 17.0 Å². The van der Waals surface area contributed by atoms with Gasteiger partial charge in [-0.25, -0.2) is 0 Å². The molecule has 128 valence electrons. The molecule has 2 aliphatic heterocycles. The van der Waals surface area contributed by atoms with Crippen LogP contribution in [0.3, 0.4) is 0 Å². The third kappa shape index (κ3) is 4.83. The lowest BCUT2D eigenvalue weighted by atomic mass is 10.1. The van der Waals surface area contributed by atoms with Crippen LogP contribution in [0.15, 0.2) is 24.3 Å². The monoisotopic (exact) mass is 340 g/mol. The number of ether oxygens (including phenoxy) is 2. The first-order valence-electron chi connectivity index (χ1n) is 8.07. The van der Waals surface area contributed by atoms with Crippen molar-refractivity contribution >= 4 is 18.3 Å². The molecule has 0 radical (unpaired) electrons. The van der Waals surface area contributed by atoms with Gasteiger partial charge in [0, 0.05) is 45.9 Å². The van der Waals surface area contributed by atoms with Gasteiger partial charge in [0.15, 0.2) is 0 Å². The number of amides is 1. The second kappa shape index (κ2) is 8.52. The van der Waals surface area contributed by atoms with E-state index in [2.05, 4.69) is 17.4 Å². The average Bonchev–Trinajstić information content (AvgIpc) is 2.57. The summed E-state index contributed by atoms with van der Waals surface area (Å²) >= 11 is 0. The Balaban J connectivity index is 0.00000192. The number of piperidine rings is 1. The van der Waals surface area contributed by atoms with Gasteiger partial charge < -0.3 is 19.7 Å². The molecule has 2 fully saturated rings. The highest BCUT2D eigenvalue weighted by molar-refractivity contribution is 5.85. The molecule has 1 amide bonds. The summed E-state index contributed by atoms with van der Waals surface area (Å²) in [5.74, 6) is 1.05. The highest BCUT2D eigenvalue weighted by atomic mass is 35.5. The maximum atomic E-state index is 11.3. The van der Waals surface area contributed by atoms with Crippen molar-refractivity contribution in [3.8, 4) is 5.75 Å². The highest BCUT2D eigenvalue weighted by Crippen LogP contribution is 2.24. The first kappa shape index (κ1) is 18.0. The summed E-state index contributed by atoms with van der Waals surface area (Å²) in [6.07, 6.45) is 2.14. The molecular formula is C17H25ClN2O3. The molecule has 3 rings (SSSR count). The van der Waals surface area contributed by atoms with E-state index < -0.39 is 0 Å². The third-order valence-corrected chi connectivity index (χ3v) is 4.37. The van der Waals surface area contributed by atoms with Crippen molar-refractivity contribution in [1.29, 1.82) is 0 Å². The number of hydrogen-bond acceptors (Lipinski definition) is 4. The summed E-state index contributed by atoms with van der Waals surface area (Å²) in [5.41, 5.74) is 1.19. The van der Waals surface area contributed by atoms with E-state index >= 15 is 0 Å². The van der Waals surface area contributed by atoms with E-state index in [1.54, 1.807) is 6.92 Å². The normalized spacial score (nSPS) is 22.3. The van der Waals surface area contributed by atoms with E-state index in [4.69, 9.17) is 9.47 Å². The van der Waals surface area contributed by atoms with Crippen molar-refractivity contribution in [3.63, 3.8) is 0 Å². The molecule has 2 saturated heterocycles. The topological polar surface area (TPSA) is 50.8 Å². The summed E-state index contributed by atoms with van der Waals surface area (Å²) in [7, 11) is 0. The summed E-state index contributed by atoms with van der Waals surface area (Å²) in [6, 6.07) is 8.20. The Morgan fingerprint density at radius 1 is 1.26 bits per heavy atom. The lowest BCUT2D eigenvalue weighted by Gasteiger charge is -2.31. The van der Waals surface area contributed by atoms with Crippen molar-refractivity contribution in [2.45, 2.75) is 32.0 Å². The van der Waals surface area contributed by atoms with Gasteiger partial charge in [0.1, 0.15) is 11.9 Å². The molecule has 6 heteroatoms. The predicted octanol–water partition coefficient (Wildman–Crippen LogP) is 2.16. The smallest absolute Gasteiger partial charge is 0.219 e. The zero-order valence-electron chi connectivity index (χ0n) is 13.5. The minimum absolute atomic E-state index is 0. The fourth-order valence-electron chi connectivity index (χ4n) is 3.02. The van der Waals surface area contributed by atoms with Gasteiger partial charge in [-0.15, -0.1) is 12.4 Å². The van der Waals surface area contributed by atoms with Crippen molar-refractivity contribution in [2.24, 2.45) is 0 Å². The van der Waals surface area contributed by atoms with Crippen molar-refractivity contribution < 1.29 is 14.3 Å². The molecule has 0 spiro atoms. The fraction of sp³-hybridized carbons (Fsp3) is 0.588. The van der Waals surface area contributed by atoms with Crippen LogP contribution in [0, 0.1) is 0 Å². The molecule has 0 aromatic heterocycles. The van der Waals surface area contributed by atoms with Crippen LogP contribution < -0.4 is 10.1 Å². The molecular weight excluding hydrogens is 316 g/mol. The van der Waals surface area contributed by atoms with Crippen LogP contribution in [0.5, 0.6) is 5.75 Å². The Kier molecular flexibility index (Phi) is 6.69. The van der Waals surface area contributed by atoms with Crippen LogP contribution in [-0.2, 0) is 9.53 Å². The summed E-state index contributed by atoms with van der Waals surface area (Å²) in [4.78, 5) is 13.2. The molecule has 1 aromatic carbocycles. The molecule has 1 atom stereocenters. The fourth-order valence-corrected chi connectivity index (χ4v) is 3.02. The number of nitrogens with zero attached hydrogens (tertiary/aromatic N) is 1. The summed E-state index contributed by atoms with van der Waals surface area (Å²) < 4.78 is 11.8. The van der Waals surface area contributed by atoms with Crippen LogP contribution in [-0.4, -0.2) is 49.7 Å². The van der Waals surface area contributed by atoms with Crippen molar-refractivity contribution in [3.05, 3.63) is 29.8 Å². The zero-order valence-corrected chi connectivity index (χ0v) is 14.3. The number of benzene rings is 1. The number of nitrogens with one attached hydrogen (secondary N) is 1. The van der Waals surface area contributed by atoms with Crippen LogP contribution in [0.2, 0.25) is 0 Å². The van der Waals surface area contributed by atoms with Gasteiger partial charge in [0.25, 0.3) is 0 Å². The molecule has 0 unspecified atom stereocenters. The van der Waals surface area contributed by atoms with Gasteiger partial charge in [-0.1, -0.05) is 12.1 Å². The Hall–Kier alpha value is -1.30. The lowest BCUT2D eigenvalue weighted by molar-refractivity contribution is -0.130. The average molecular weight is 341 g/mol. The number of hydrogen-bond donors (Lipinski definition) is 1. The molecule has 1 N–H and O–H groups in total. The second-order valence-electron chi connectivity index (χ2n) is 5.96. The van der Waals surface area contributed by atoms with E-state index in [-0.39, 0.29) is 30.5 Å².